The molecule has 0 amide bonds. The molecular weight excluding hydrogens is 300 g/mol. The minimum absolute atomic E-state index is 0.317. The van der Waals surface area contributed by atoms with Crippen molar-refractivity contribution < 1.29 is 14.1 Å². The first-order valence-corrected chi connectivity index (χ1v) is 8.30. The molecular formula is C16H20N2O3S. The van der Waals surface area contributed by atoms with Crippen LogP contribution in [0.1, 0.15) is 41.5 Å². The van der Waals surface area contributed by atoms with Gasteiger partial charge in [0, 0.05) is 12.2 Å². The average Bonchev–Trinajstić information content (AvgIpc) is 2.94. The van der Waals surface area contributed by atoms with E-state index in [0.29, 0.717) is 23.1 Å². The summed E-state index contributed by atoms with van der Waals surface area (Å²) in [6, 6.07) is 7.40. The third kappa shape index (κ3) is 4.87. The first-order valence-electron chi connectivity index (χ1n) is 7.15. The number of thioether (sulfide) groups is 1. The first-order chi connectivity index (χ1) is 10.6. The molecule has 0 saturated heterocycles. The predicted molar refractivity (Wildman–Crippen MR) is 85.6 cm³/mol. The van der Waals surface area contributed by atoms with Crippen LogP contribution in [0.25, 0.3) is 0 Å². The number of aromatic nitrogens is 2. The van der Waals surface area contributed by atoms with Crippen molar-refractivity contribution in [3.05, 3.63) is 47.1 Å². The number of benzene rings is 1. The SMILES string of the molecule is COC(=O)c1ccc(CSCc2nc(CC(C)C)no2)cc1. The standard InChI is InChI=1S/C16H20N2O3S/c1-11(2)8-14-17-15(21-18-14)10-22-9-12-4-6-13(7-5-12)16(19)20-3/h4-7,11H,8-10H2,1-3H3. The van der Waals surface area contributed by atoms with E-state index in [9.17, 15) is 4.79 Å². The zero-order valence-corrected chi connectivity index (χ0v) is 13.9. The second-order valence-corrected chi connectivity index (χ2v) is 6.37. The number of hydrogen-bond donors (Lipinski definition) is 0. The lowest BCUT2D eigenvalue weighted by Crippen LogP contribution is -2.00. The Morgan fingerprint density at radius 2 is 2.00 bits per heavy atom. The smallest absolute Gasteiger partial charge is 0.337 e. The molecule has 6 heteroatoms. The fourth-order valence-electron chi connectivity index (χ4n) is 1.91. The van der Waals surface area contributed by atoms with E-state index in [1.807, 2.05) is 12.1 Å². The van der Waals surface area contributed by atoms with Crippen molar-refractivity contribution in [2.24, 2.45) is 5.92 Å². The van der Waals surface area contributed by atoms with Gasteiger partial charge in [-0.2, -0.15) is 4.98 Å². The van der Waals surface area contributed by atoms with Gasteiger partial charge in [-0.15, -0.1) is 11.8 Å². The zero-order chi connectivity index (χ0) is 15.9. The molecule has 0 aliphatic heterocycles. The molecule has 0 N–H and O–H groups in total. The van der Waals surface area contributed by atoms with Crippen LogP contribution in [0.2, 0.25) is 0 Å². The van der Waals surface area contributed by atoms with Gasteiger partial charge in [-0.1, -0.05) is 31.1 Å². The van der Waals surface area contributed by atoms with Gasteiger partial charge in [0.15, 0.2) is 5.82 Å². The minimum Gasteiger partial charge on any atom is -0.465 e. The molecule has 0 aliphatic rings. The number of methoxy groups -OCH3 is 1. The molecule has 0 radical (unpaired) electrons. The monoisotopic (exact) mass is 320 g/mol. The van der Waals surface area contributed by atoms with Crippen molar-refractivity contribution in [2.75, 3.05) is 7.11 Å². The molecule has 1 aromatic heterocycles. The Morgan fingerprint density at radius 1 is 1.27 bits per heavy atom. The van der Waals surface area contributed by atoms with E-state index >= 15 is 0 Å². The molecule has 0 aliphatic carbocycles. The van der Waals surface area contributed by atoms with E-state index < -0.39 is 0 Å². The normalized spacial score (nSPS) is 10.9. The Morgan fingerprint density at radius 3 is 2.64 bits per heavy atom. The van der Waals surface area contributed by atoms with Crippen LogP contribution in [0.5, 0.6) is 0 Å². The number of nitrogens with zero attached hydrogens (tertiary/aromatic N) is 2. The van der Waals surface area contributed by atoms with Gasteiger partial charge in [-0.25, -0.2) is 4.79 Å². The van der Waals surface area contributed by atoms with Crippen LogP contribution in [0.15, 0.2) is 28.8 Å². The Bertz CT molecular complexity index is 608. The molecule has 0 unspecified atom stereocenters. The van der Waals surface area contributed by atoms with Gasteiger partial charge in [0.1, 0.15) is 0 Å². The number of rotatable bonds is 7. The van der Waals surface area contributed by atoms with Crippen LogP contribution < -0.4 is 0 Å². The van der Waals surface area contributed by atoms with Gasteiger partial charge in [-0.05, 0) is 23.6 Å². The van der Waals surface area contributed by atoms with Crippen LogP contribution >= 0.6 is 11.8 Å². The molecule has 0 saturated carbocycles. The Kier molecular flexibility index (Phi) is 6.00. The molecule has 2 aromatic rings. The molecule has 5 nitrogen and oxygen atoms in total. The Labute approximate surface area is 134 Å². The lowest BCUT2D eigenvalue weighted by molar-refractivity contribution is 0.0600. The van der Waals surface area contributed by atoms with Crippen molar-refractivity contribution in [1.29, 1.82) is 0 Å². The molecule has 2 rings (SSSR count). The quantitative estimate of drug-likeness (QED) is 0.728. The summed E-state index contributed by atoms with van der Waals surface area (Å²) in [6.07, 6.45) is 0.836. The summed E-state index contributed by atoms with van der Waals surface area (Å²) in [6.45, 7) is 4.26. The van der Waals surface area contributed by atoms with E-state index in [4.69, 9.17) is 4.52 Å². The number of carbonyl (C=O) groups is 1. The van der Waals surface area contributed by atoms with Crippen molar-refractivity contribution in [1.82, 2.24) is 10.1 Å². The summed E-state index contributed by atoms with van der Waals surface area (Å²) in [7, 11) is 1.38. The van der Waals surface area contributed by atoms with Gasteiger partial charge in [0.2, 0.25) is 5.89 Å². The maximum Gasteiger partial charge on any atom is 0.337 e. The van der Waals surface area contributed by atoms with Gasteiger partial charge in [0.05, 0.1) is 18.4 Å². The van der Waals surface area contributed by atoms with Crippen LogP contribution in [0.3, 0.4) is 0 Å². The van der Waals surface area contributed by atoms with E-state index in [-0.39, 0.29) is 5.97 Å². The minimum atomic E-state index is -0.317. The molecule has 118 valence electrons. The molecule has 0 spiro atoms. The predicted octanol–water partition coefficient (Wildman–Crippen LogP) is 3.49. The lowest BCUT2D eigenvalue weighted by atomic mass is 10.1. The summed E-state index contributed by atoms with van der Waals surface area (Å²) in [5.41, 5.74) is 1.70. The summed E-state index contributed by atoms with van der Waals surface area (Å²) in [4.78, 5) is 15.7. The number of esters is 1. The third-order valence-electron chi connectivity index (χ3n) is 2.97. The molecule has 1 aromatic carbocycles. The number of ether oxygens (including phenoxy) is 1. The van der Waals surface area contributed by atoms with Gasteiger partial charge in [-0.3, -0.25) is 0 Å². The molecule has 22 heavy (non-hydrogen) atoms. The van der Waals surface area contributed by atoms with E-state index in [1.165, 1.54) is 7.11 Å². The second kappa shape index (κ2) is 7.98. The zero-order valence-electron chi connectivity index (χ0n) is 13.0. The van der Waals surface area contributed by atoms with Crippen LogP contribution in [-0.2, 0) is 22.7 Å². The molecule has 0 bridgehead atoms. The van der Waals surface area contributed by atoms with Crippen molar-refractivity contribution in [3.8, 4) is 0 Å². The van der Waals surface area contributed by atoms with Gasteiger partial charge >= 0.3 is 5.97 Å². The molecule has 0 atom stereocenters. The Balaban J connectivity index is 1.81. The van der Waals surface area contributed by atoms with E-state index in [0.717, 1.165) is 23.6 Å². The lowest BCUT2D eigenvalue weighted by Gasteiger charge is -2.02. The van der Waals surface area contributed by atoms with Gasteiger partial charge < -0.3 is 9.26 Å². The fraction of sp³-hybridized carbons (Fsp3) is 0.438. The maximum absolute atomic E-state index is 11.3. The highest BCUT2D eigenvalue weighted by Crippen LogP contribution is 2.18. The van der Waals surface area contributed by atoms with Crippen LogP contribution in [-0.4, -0.2) is 23.2 Å². The maximum atomic E-state index is 11.3. The molecule has 1 heterocycles. The number of hydrogen-bond acceptors (Lipinski definition) is 6. The van der Waals surface area contributed by atoms with E-state index in [2.05, 4.69) is 28.7 Å². The molecule has 0 fully saturated rings. The third-order valence-corrected chi connectivity index (χ3v) is 3.96. The van der Waals surface area contributed by atoms with Crippen LogP contribution in [0, 0.1) is 5.92 Å². The summed E-state index contributed by atoms with van der Waals surface area (Å²) in [5, 5.41) is 3.97. The highest BCUT2D eigenvalue weighted by atomic mass is 32.2. The van der Waals surface area contributed by atoms with Crippen molar-refractivity contribution in [2.45, 2.75) is 31.8 Å². The van der Waals surface area contributed by atoms with Crippen molar-refractivity contribution in [3.63, 3.8) is 0 Å². The van der Waals surface area contributed by atoms with Crippen LogP contribution in [0.4, 0.5) is 0 Å². The Hall–Kier alpha value is -1.82. The summed E-state index contributed by atoms with van der Waals surface area (Å²) in [5.74, 6) is 3.14. The fourth-order valence-corrected chi connectivity index (χ4v) is 2.73. The van der Waals surface area contributed by atoms with Gasteiger partial charge in [0.25, 0.3) is 0 Å². The summed E-state index contributed by atoms with van der Waals surface area (Å²) >= 11 is 1.70. The highest BCUT2D eigenvalue weighted by molar-refractivity contribution is 7.97. The largest absolute Gasteiger partial charge is 0.465 e. The van der Waals surface area contributed by atoms with Crippen molar-refractivity contribution >= 4 is 17.7 Å². The number of carbonyl (C=O) groups excluding carboxylic acids is 1. The topological polar surface area (TPSA) is 65.2 Å². The first kappa shape index (κ1) is 16.5. The highest BCUT2D eigenvalue weighted by Gasteiger charge is 2.08. The second-order valence-electron chi connectivity index (χ2n) is 5.38. The van der Waals surface area contributed by atoms with E-state index in [1.54, 1.807) is 23.9 Å². The summed E-state index contributed by atoms with van der Waals surface area (Å²) < 4.78 is 9.90. The average molecular weight is 320 g/mol.